The summed E-state index contributed by atoms with van der Waals surface area (Å²) in [5.41, 5.74) is 0.948. The van der Waals surface area contributed by atoms with Crippen molar-refractivity contribution >= 4 is 5.69 Å². The van der Waals surface area contributed by atoms with Crippen molar-refractivity contribution in [3.05, 3.63) is 18.2 Å². The third-order valence-corrected chi connectivity index (χ3v) is 5.66. The number of ether oxygens (including phenoxy) is 2. The molecule has 0 radical (unpaired) electrons. The fourth-order valence-corrected chi connectivity index (χ4v) is 3.84. The summed E-state index contributed by atoms with van der Waals surface area (Å²) in [4.78, 5) is 2.47. The van der Waals surface area contributed by atoms with Gasteiger partial charge in [0.1, 0.15) is 19.0 Å². The largest absolute Gasteiger partial charge is 0.493 e. The topological polar surface area (TPSA) is 90.1 Å². The maximum Gasteiger partial charge on any atom is 0.163 e. The number of nitrogens with zero attached hydrogens (tertiary/aromatic N) is 1. The molecule has 0 aliphatic carbocycles. The van der Waals surface area contributed by atoms with Gasteiger partial charge in [-0.05, 0) is 39.1 Å². The Morgan fingerprint density at radius 2 is 2.00 bits per heavy atom. The molecule has 1 aliphatic heterocycles. The number of aliphatic hydroxyl groups is 1. The summed E-state index contributed by atoms with van der Waals surface area (Å²) in [6, 6.07) is 5.84. The molecule has 1 aliphatic rings. The molecule has 5 N–H and O–H groups in total. The minimum atomic E-state index is -0.578. The zero-order valence-electron chi connectivity index (χ0n) is 19.7. The molecule has 1 aromatic carbocycles. The van der Waals surface area contributed by atoms with Crippen molar-refractivity contribution in [1.82, 2.24) is 20.9 Å². The molecule has 1 fully saturated rings. The number of hydrogen-bond acceptors (Lipinski definition) is 8. The monoisotopic (exact) mass is 437 g/mol. The Morgan fingerprint density at radius 3 is 2.71 bits per heavy atom. The van der Waals surface area contributed by atoms with Crippen LogP contribution < -0.4 is 30.7 Å². The summed E-state index contributed by atoms with van der Waals surface area (Å²) in [5, 5.41) is 23.5. The molecule has 0 amide bonds. The van der Waals surface area contributed by atoms with Crippen molar-refractivity contribution in [2.75, 3.05) is 52.8 Å². The SMILES string of the molecule is CCCCCCCN1CCC(NC)NC1Nc1ccc(OC)c(OC[C@H](O)CNC)c1. The third kappa shape index (κ3) is 8.82. The zero-order valence-corrected chi connectivity index (χ0v) is 19.7. The highest BCUT2D eigenvalue weighted by atomic mass is 16.5. The maximum atomic E-state index is 9.96. The van der Waals surface area contributed by atoms with Crippen LogP contribution in [0.2, 0.25) is 0 Å². The number of aliphatic hydroxyl groups excluding tert-OH is 1. The smallest absolute Gasteiger partial charge is 0.163 e. The van der Waals surface area contributed by atoms with Crippen molar-refractivity contribution in [3.8, 4) is 11.5 Å². The molecule has 178 valence electrons. The summed E-state index contributed by atoms with van der Waals surface area (Å²) in [5.74, 6) is 1.27. The standard InChI is InChI=1S/C23H43N5O3/c1-5-6-7-8-9-13-28-14-12-22(25-3)27-23(28)26-18-10-11-20(30-4)21(15-18)31-17-19(29)16-24-2/h10-11,15,19,22-27,29H,5-9,12-14,16-17H2,1-4H3/t19-,22?,23?/m1/s1. The van der Waals surface area contributed by atoms with Crippen LogP contribution in [0.5, 0.6) is 11.5 Å². The second kappa shape index (κ2) is 14.5. The van der Waals surface area contributed by atoms with E-state index < -0.39 is 6.10 Å². The molecule has 2 unspecified atom stereocenters. The van der Waals surface area contributed by atoms with E-state index in [4.69, 9.17) is 9.47 Å². The van der Waals surface area contributed by atoms with Gasteiger partial charge in [-0.2, -0.15) is 0 Å². The molecule has 1 heterocycles. The number of rotatable bonds is 15. The Labute approximate surface area is 188 Å². The molecular weight excluding hydrogens is 394 g/mol. The van der Waals surface area contributed by atoms with Gasteiger partial charge in [0, 0.05) is 31.4 Å². The van der Waals surface area contributed by atoms with Crippen LogP contribution in [-0.4, -0.2) is 76.0 Å². The molecule has 8 nitrogen and oxygen atoms in total. The van der Waals surface area contributed by atoms with Gasteiger partial charge in [-0.15, -0.1) is 0 Å². The van der Waals surface area contributed by atoms with Gasteiger partial charge in [-0.3, -0.25) is 10.2 Å². The van der Waals surface area contributed by atoms with Crippen molar-refractivity contribution in [2.24, 2.45) is 0 Å². The summed E-state index contributed by atoms with van der Waals surface area (Å²) in [7, 11) is 5.42. The molecule has 8 heteroatoms. The molecule has 0 saturated carbocycles. The van der Waals surface area contributed by atoms with E-state index in [2.05, 4.69) is 33.1 Å². The molecule has 3 atom stereocenters. The van der Waals surface area contributed by atoms with Crippen LogP contribution in [0, 0.1) is 0 Å². The lowest BCUT2D eigenvalue weighted by Gasteiger charge is -2.41. The summed E-state index contributed by atoms with van der Waals surface area (Å²) in [6.45, 7) is 5.04. The average Bonchev–Trinajstić information content (AvgIpc) is 2.78. The number of anilines is 1. The van der Waals surface area contributed by atoms with Crippen LogP contribution in [0.25, 0.3) is 0 Å². The van der Waals surface area contributed by atoms with Crippen LogP contribution in [0.1, 0.15) is 45.4 Å². The minimum Gasteiger partial charge on any atom is -0.493 e. The van der Waals surface area contributed by atoms with Crippen molar-refractivity contribution in [2.45, 2.75) is 64.0 Å². The summed E-state index contributed by atoms with van der Waals surface area (Å²) >= 11 is 0. The lowest BCUT2D eigenvalue weighted by molar-refractivity contribution is 0.106. The van der Waals surface area contributed by atoms with Gasteiger partial charge in [0.15, 0.2) is 11.5 Å². The van der Waals surface area contributed by atoms with E-state index in [9.17, 15) is 5.11 Å². The Hall–Kier alpha value is -1.58. The van der Waals surface area contributed by atoms with Crippen LogP contribution in [0.15, 0.2) is 18.2 Å². The lowest BCUT2D eigenvalue weighted by Crippen LogP contribution is -2.62. The van der Waals surface area contributed by atoms with Gasteiger partial charge in [-0.1, -0.05) is 32.6 Å². The van der Waals surface area contributed by atoms with Crippen LogP contribution in [-0.2, 0) is 0 Å². The van der Waals surface area contributed by atoms with Crippen molar-refractivity contribution in [1.29, 1.82) is 0 Å². The Morgan fingerprint density at radius 1 is 1.19 bits per heavy atom. The second-order valence-corrected chi connectivity index (χ2v) is 8.18. The van der Waals surface area contributed by atoms with Crippen LogP contribution in [0.3, 0.4) is 0 Å². The van der Waals surface area contributed by atoms with E-state index in [1.54, 1.807) is 14.2 Å². The molecule has 31 heavy (non-hydrogen) atoms. The van der Waals surface area contributed by atoms with E-state index in [1.807, 2.05) is 25.2 Å². The van der Waals surface area contributed by atoms with E-state index in [0.29, 0.717) is 18.0 Å². The van der Waals surface area contributed by atoms with Gasteiger partial charge in [0.25, 0.3) is 0 Å². The molecule has 1 saturated heterocycles. The van der Waals surface area contributed by atoms with E-state index in [1.165, 1.54) is 32.1 Å². The maximum absolute atomic E-state index is 9.96. The number of methoxy groups -OCH3 is 1. The fraction of sp³-hybridized carbons (Fsp3) is 0.739. The second-order valence-electron chi connectivity index (χ2n) is 8.18. The first-order valence-electron chi connectivity index (χ1n) is 11.7. The molecule has 0 aromatic heterocycles. The van der Waals surface area contributed by atoms with Gasteiger partial charge < -0.3 is 30.5 Å². The quantitative estimate of drug-likeness (QED) is 0.267. The van der Waals surface area contributed by atoms with Crippen LogP contribution in [0.4, 0.5) is 5.69 Å². The highest BCUT2D eigenvalue weighted by Gasteiger charge is 2.26. The average molecular weight is 438 g/mol. The van der Waals surface area contributed by atoms with Crippen molar-refractivity contribution in [3.63, 3.8) is 0 Å². The number of unbranched alkanes of at least 4 members (excludes halogenated alkanes) is 4. The predicted octanol–water partition coefficient (Wildman–Crippen LogP) is 2.16. The zero-order chi connectivity index (χ0) is 22.5. The predicted molar refractivity (Wildman–Crippen MR) is 127 cm³/mol. The first kappa shape index (κ1) is 25.7. The van der Waals surface area contributed by atoms with Crippen molar-refractivity contribution < 1.29 is 14.6 Å². The lowest BCUT2D eigenvalue weighted by atomic mass is 10.1. The Bertz CT molecular complexity index is 619. The van der Waals surface area contributed by atoms with Gasteiger partial charge in [-0.25, -0.2) is 0 Å². The number of likely N-dealkylation sites (N-methyl/N-ethyl adjacent to an activating group) is 1. The molecule has 0 bridgehead atoms. The van der Waals surface area contributed by atoms with Gasteiger partial charge in [0.05, 0.1) is 13.3 Å². The summed E-state index contributed by atoms with van der Waals surface area (Å²) < 4.78 is 11.3. The molecule has 1 aromatic rings. The highest BCUT2D eigenvalue weighted by Crippen LogP contribution is 2.31. The van der Waals surface area contributed by atoms with E-state index in [0.717, 1.165) is 25.2 Å². The third-order valence-electron chi connectivity index (χ3n) is 5.66. The molecule has 0 spiro atoms. The number of hydrogen-bond donors (Lipinski definition) is 5. The normalized spacial score (nSPS) is 20.4. The molecular formula is C23H43N5O3. The van der Waals surface area contributed by atoms with Gasteiger partial charge >= 0.3 is 0 Å². The molecule has 2 rings (SSSR count). The van der Waals surface area contributed by atoms with Gasteiger partial charge in [0.2, 0.25) is 0 Å². The highest BCUT2D eigenvalue weighted by molar-refractivity contribution is 5.55. The Balaban J connectivity index is 2.02. The fourth-order valence-electron chi connectivity index (χ4n) is 3.84. The first-order valence-corrected chi connectivity index (χ1v) is 11.7. The van der Waals surface area contributed by atoms with Crippen LogP contribution >= 0.6 is 0 Å². The van der Waals surface area contributed by atoms with E-state index >= 15 is 0 Å². The Kier molecular flexibility index (Phi) is 12.0. The van der Waals surface area contributed by atoms with E-state index in [-0.39, 0.29) is 19.1 Å². The summed E-state index contributed by atoms with van der Waals surface area (Å²) in [6.07, 6.45) is 7.20. The number of benzene rings is 1. The first-order chi connectivity index (χ1) is 15.1. The minimum absolute atomic E-state index is 0.0356. The number of nitrogens with one attached hydrogen (secondary N) is 4.